The number of rotatable bonds is 3. The second-order valence-corrected chi connectivity index (χ2v) is 5.45. The van der Waals surface area contributed by atoms with E-state index in [0.717, 1.165) is 13.1 Å². The summed E-state index contributed by atoms with van der Waals surface area (Å²) in [7, 11) is 0. The van der Waals surface area contributed by atoms with Crippen LogP contribution in [0.3, 0.4) is 0 Å². The number of likely N-dealkylation sites (tertiary alicyclic amines) is 1. The second kappa shape index (κ2) is 5.49. The molecule has 100 valence electrons. The molecule has 0 bridgehead atoms. The summed E-state index contributed by atoms with van der Waals surface area (Å²) in [4.78, 5) is 2.31. The molecule has 0 saturated carbocycles. The quantitative estimate of drug-likeness (QED) is 0.867. The van der Waals surface area contributed by atoms with Crippen LogP contribution in [0.4, 0.5) is 0 Å². The maximum atomic E-state index is 6.12. The summed E-state index contributed by atoms with van der Waals surface area (Å²) in [6, 6.07) is 5.22. The molecule has 0 spiro atoms. The third kappa shape index (κ3) is 2.91. The number of hydrogen-bond acceptors (Lipinski definition) is 4. The van der Waals surface area contributed by atoms with E-state index < -0.39 is 0 Å². The first kappa shape index (κ1) is 12.9. The Hall–Kier alpha value is -1.10. The van der Waals surface area contributed by atoms with E-state index in [9.17, 15) is 0 Å². The number of hydrogen-bond donors (Lipinski definition) is 0. The summed E-state index contributed by atoms with van der Waals surface area (Å²) in [5, 5.41) is 9.22. The normalized spacial score (nSPS) is 16.1. The standard InChI is InChI=1S/C13H13Cl2N3O/c14-9-3-4-10(11(15)7-9)13-17-16-12(19-13)8-18-5-1-2-6-18/h3-4,7H,1-2,5-6,8H2. The zero-order valence-electron chi connectivity index (χ0n) is 10.3. The van der Waals surface area contributed by atoms with Crippen molar-refractivity contribution in [3.8, 4) is 11.5 Å². The van der Waals surface area contributed by atoms with Crippen molar-refractivity contribution in [3.05, 3.63) is 34.1 Å². The van der Waals surface area contributed by atoms with Crippen LogP contribution in [-0.4, -0.2) is 28.2 Å². The molecule has 1 saturated heterocycles. The molecule has 1 fully saturated rings. The van der Waals surface area contributed by atoms with E-state index in [2.05, 4.69) is 15.1 Å². The zero-order chi connectivity index (χ0) is 13.2. The van der Waals surface area contributed by atoms with Crippen molar-refractivity contribution in [1.29, 1.82) is 0 Å². The topological polar surface area (TPSA) is 42.2 Å². The Bertz CT molecular complexity index is 579. The van der Waals surface area contributed by atoms with Gasteiger partial charge < -0.3 is 4.42 Å². The van der Waals surface area contributed by atoms with Gasteiger partial charge in [0.25, 0.3) is 0 Å². The fourth-order valence-electron chi connectivity index (χ4n) is 2.22. The van der Waals surface area contributed by atoms with Gasteiger partial charge in [0.1, 0.15) is 0 Å². The van der Waals surface area contributed by atoms with Gasteiger partial charge >= 0.3 is 0 Å². The highest BCUT2D eigenvalue weighted by Crippen LogP contribution is 2.29. The molecule has 1 aliphatic heterocycles. The smallest absolute Gasteiger partial charge is 0.249 e. The van der Waals surface area contributed by atoms with E-state index in [4.69, 9.17) is 27.6 Å². The Kier molecular flexibility index (Phi) is 3.73. The molecule has 0 unspecified atom stereocenters. The lowest BCUT2D eigenvalue weighted by Gasteiger charge is -2.10. The maximum Gasteiger partial charge on any atom is 0.249 e. The summed E-state index contributed by atoms with van der Waals surface area (Å²) >= 11 is 12.0. The molecular weight excluding hydrogens is 285 g/mol. The van der Waals surface area contributed by atoms with E-state index in [-0.39, 0.29) is 0 Å². The van der Waals surface area contributed by atoms with Gasteiger partial charge in [0, 0.05) is 5.02 Å². The molecule has 2 heterocycles. The average Bonchev–Trinajstić information content (AvgIpc) is 3.01. The Morgan fingerprint density at radius 1 is 1.16 bits per heavy atom. The summed E-state index contributed by atoms with van der Waals surface area (Å²) in [6.07, 6.45) is 2.48. The average molecular weight is 298 g/mol. The Labute approximate surface area is 121 Å². The van der Waals surface area contributed by atoms with Crippen molar-refractivity contribution in [2.24, 2.45) is 0 Å². The molecule has 0 atom stereocenters. The molecule has 0 N–H and O–H groups in total. The molecule has 2 aromatic rings. The van der Waals surface area contributed by atoms with Crippen molar-refractivity contribution in [3.63, 3.8) is 0 Å². The first-order valence-corrected chi connectivity index (χ1v) is 6.98. The maximum absolute atomic E-state index is 6.12. The number of nitrogens with zero attached hydrogens (tertiary/aromatic N) is 3. The SMILES string of the molecule is Clc1ccc(-c2nnc(CN3CCCC3)o2)c(Cl)c1. The molecule has 0 radical (unpaired) electrons. The molecule has 0 aliphatic carbocycles. The predicted molar refractivity (Wildman–Crippen MR) is 74.3 cm³/mol. The monoisotopic (exact) mass is 297 g/mol. The van der Waals surface area contributed by atoms with Crippen LogP contribution >= 0.6 is 23.2 Å². The van der Waals surface area contributed by atoms with Crippen LogP contribution < -0.4 is 0 Å². The fourth-order valence-corrected chi connectivity index (χ4v) is 2.71. The molecule has 1 aromatic heterocycles. The minimum absolute atomic E-state index is 0.441. The zero-order valence-corrected chi connectivity index (χ0v) is 11.8. The first-order valence-electron chi connectivity index (χ1n) is 6.22. The van der Waals surface area contributed by atoms with Gasteiger partial charge in [0.05, 0.1) is 17.1 Å². The molecule has 19 heavy (non-hydrogen) atoms. The largest absolute Gasteiger partial charge is 0.419 e. The van der Waals surface area contributed by atoms with Crippen molar-refractivity contribution < 1.29 is 4.42 Å². The Morgan fingerprint density at radius 3 is 2.68 bits per heavy atom. The lowest BCUT2D eigenvalue weighted by Crippen LogP contribution is -2.18. The number of aromatic nitrogens is 2. The highest BCUT2D eigenvalue weighted by molar-refractivity contribution is 6.36. The summed E-state index contributed by atoms with van der Waals surface area (Å²) in [6.45, 7) is 2.90. The highest BCUT2D eigenvalue weighted by Gasteiger charge is 2.17. The van der Waals surface area contributed by atoms with Crippen molar-refractivity contribution in [2.45, 2.75) is 19.4 Å². The van der Waals surface area contributed by atoms with E-state index in [1.807, 2.05) is 0 Å². The predicted octanol–water partition coefficient (Wildman–Crippen LogP) is 3.64. The molecule has 1 aromatic carbocycles. The van der Waals surface area contributed by atoms with Crippen molar-refractivity contribution in [2.75, 3.05) is 13.1 Å². The van der Waals surface area contributed by atoms with E-state index >= 15 is 0 Å². The highest BCUT2D eigenvalue weighted by atomic mass is 35.5. The van der Waals surface area contributed by atoms with E-state index in [0.29, 0.717) is 33.9 Å². The number of halogens is 2. The van der Waals surface area contributed by atoms with Gasteiger partial charge in [-0.05, 0) is 44.1 Å². The van der Waals surface area contributed by atoms with Crippen LogP contribution in [0, 0.1) is 0 Å². The van der Waals surface area contributed by atoms with Gasteiger partial charge in [-0.3, -0.25) is 4.90 Å². The molecule has 1 aliphatic rings. The third-order valence-corrected chi connectivity index (χ3v) is 3.73. The lowest BCUT2D eigenvalue weighted by atomic mass is 10.2. The third-order valence-electron chi connectivity index (χ3n) is 3.19. The molecule has 0 amide bonds. The van der Waals surface area contributed by atoms with Gasteiger partial charge in [-0.15, -0.1) is 10.2 Å². The van der Waals surface area contributed by atoms with Crippen LogP contribution in [0.15, 0.2) is 22.6 Å². The van der Waals surface area contributed by atoms with Gasteiger partial charge in [-0.1, -0.05) is 23.2 Å². The van der Waals surface area contributed by atoms with Crippen molar-refractivity contribution in [1.82, 2.24) is 15.1 Å². The molecule has 6 heteroatoms. The van der Waals surface area contributed by atoms with E-state index in [1.54, 1.807) is 18.2 Å². The summed E-state index contributed by atoms with van der Waals surface area (Å²) in [5.74, 6) is 1.07. The Balaban J connectivity index is 1.80. The van der Waals surface area contributed by atoms with Crippen molar-refractivity contribution >= 4 is 23.2 Å². The Morgan fingerprint density at radius 2 is 1.95 bits per heavy atom. The van der Waals surface area contributed by atoms with Crippen LogP contribution in [0.25, 0.3) is 11.5 Å². The van der Waals surface area contributed by atoms with Gasteiger partial charge in [-0.2, -0.15) is 0 Å². The van der Waals surface area contributed by atoms with Crippen LogP contribution in [0.5, 0.6) is 0 Å². The van der Waals surface area contributed by atoms with Gasteiger partial charge in [0.15, 0.2) is 0 Å². The minimum Gasteiger partial charge on any atom is -0.419 e. The van der Waals surface area contributed by atoms with Crippen LogP contribution in [-0.2, 0) is 6.54 Å². The number of benzene rings is 1. The molecular formula is C13H13Cl2N3O. The van der Waals surface area contributed by atoms with E-state index in [1.165, 1.54) is 12.8 Å². The van der Waals surface area contributed by atoms with Gasteiger partial charge in [-0.25, -0.2) is 0 Å². The minimum atomic E-state index is 0.441. The van der Waals surface area contributed by atoms with Gasteiger partial charge in [0.2, 0.25) is 11.8 Å². The van der Waals surface area contributed by atoms with Crippen LogP contribution in [0.2, 0.25) is 10.0 Å². The molecule has 3 rings (SSSR count). The molecule has 4 nitrogen and oxygen atoms in total. The van der Waals surface area contributed by atoms with Crippen LogP contribution in [0.1, 0.15) is 18.7 Å². The summed E-state index contributed by atoms with van der Waals surface area (Å²) in [5.41, 5.74) is 0.714. The second-order valence-electron chi connectivity index (χ2n) is 4.61. The fraction of sp³-hybridized carbons (Fsp3) is 0.385. The summed E-state index contributed by atoms with van der Waals surface area (Å²) < 4.78 is 5.66. The first-order chi connectivity index (χ1) is 9.22. The lowest BCUT2D eigenvalue weighted by molar-refractivity contribution is 0.292.